The molecule has 3 aromatic heterocycles. The minimum Gasteiger partial charge on any atom is -0.463 e. The van der Waals surface area contributed by atoms with Crippen molar-refractivity contribution < 1.29 is 18.4 Å². The Balaban J connectivity index is 1.56. The Kier molecular flexibility index (Phi) is 7.69. The first kappa shape index (κ1) is 23.6. The number of furan rings is 2. The first-order valence-electron chi connectivity index (χ1n) is 11.9. The Morgan fingerprint density at radius 1 is 0.824 bits per heavy atom. The highest BCUT2D eigenvalue weighted by atomic mass is 16.3. The lowest BCUT2D eigenvalue weighted by Gasteiger charge is -2.23. The Hall–Kier alpha value is -3.52. The second-order valence-electron chi connectivity index (χ2n) is 8.30. The number of nitrogens with zero attached hydrogens (tertiary/aromatic N) is 3. The van der Waals surface area contributed by atoms with E-state index in [2.05, 4.69) is 34.0 Å². The summed E-state index contributed by atoms with van der Waals surface area (Å²) in [5, 5.41) is 3.16. The fourth-order valence-electron chi connectivity index (χ4n) is 3.91. The van der Waals surface area contributed by atoms with Crippen molar-refractivity contribution in [2.75, 3.05) is 26.2 Å². The third-order valence-corrected chi connectivity index (χ3v) is 5.77. The van der Waals surface area contributed by atoms with E-state index in [0.29, 0.717) is 29.5 Å². The number of nitrogens with one attached hydrogen (secondary N) is 1. The van der Waals surface area contributed by atoms with Crippen LogP contribution in [0.1, 0.15) is 60.5 Å². The fourth-order valence-corrected chi connectivity index (χ4v) is 3.91. The van der Waals surface area contributed by atoms with Gasteiger partial charge >= 0.3 is 0 Å². The van der Waals surface area contributed by atoms with Crippen LogP contribution in [0, 0.1) is 0 Å². The first-order valence-corrected chi connectivity index (χ1v) is 11.9. The zero-order valence-electron chi connectivity index (χ0n) is 19.7. The van der Waals surface area contributed by atoms with Crippen LogP contribution in [0.15, 0.2) is 57.4 Å². The molecule has 178 valence electrons. The summed E-state index contributed by atoms with van der Waals surface area (Å²) in [4.78, 5) is 37.6. The molecular formula is C26H30N4O4. The Labute approximate surface area is 199 Å². The number of aromatic nitrogens is 2. The van der Waals surface area contributed by atoms with Crippen molar-refractivity contribution in [3.8, 4) is 22.9 Å². The van der Waals surface area contributed by atoms with Gasteiger partial charge in [-0.15, -0.1) is 0 Å². The third-order valence-electron chi connectivity index (χ3n) is 5.77. The maximum atomic E-state index is 13.2. The molecule has 0 aliphatic heterocycles. The van der Waals surface area contributed by atoms with Crippen molar-refractivity contribution in [2.24, 2.45) is 0 Å². The van der Waals surface area contributed by atoms with E-state index in [-0.39, 0.29) is 28.7 Å². The van der Waals surface area contributed by atoms with Crippen LogP contribution in [0.2, 0.25) is 0 Å². The number of ketones is 2. The van der Waals surface area contributed by atoms with Gasteiger partial charge in [0.25, 0.3) is 0 Å². The molecule has 0 unspecified atom stereocenters. The lowest BCUT2D eigenvalue weighted by molar-refractivity contribution is 0.0970. The normalized spacial score (nSPS) is 13.3. The summed E-state index contributed by atoms with van der Waals surface area (Å²) in [7, 11) is 0. The van der Waals surface area contributed by atoms with Crippen molar-refractivity contribution in [1.29, 1.82) is 0 Å². The zero-order chi connectivity index (χ0) is 23.9. The Morgan fingerprint density at radius 3 is 1.94 bits per heavy atom. The molecule has 0 aromatic carbocycles. The van der Waals surface area contributed by atoms with Gasteiger partial charge in [-0.1, -0.05) is 26.7 Å². The molecule has 8 heteroatoms. The predicted octanol–water partition coefficient (Wildman–Crippen LogP) is 4.75. The van der Waals surface area contributed by atoms with E-state index < -0.39 is 0 Å². The van der Waals surface area contributed by atoms with E-state index in [1.54, 1.807) is 24.3 Å². The molecule has 0 spiro atoms. The van der Waals surface area contributed by atoms with Crippen LogP contribution in [-0.2, 0) is 0 Å². The fraction of sp³-hybridized carbons (Fsp3) is 0.385. The number of hydrogen-bond acceptors (Lipinski definition) is 8. The summed E-state index contributed by atoms with van der Waals surface area (Å²) in [5.74, 6) is 0.161. The van der Waals surface area contributed by atoms with E-state index >= 15 is 0 Å². The molecule has 4 rings (SSSR count). The van der Waals surface area contributed by atoms with E-state index in [0.717, 1.165) is 45.3 Å². The number of carbonyl (C=O) groups is 2. The van der Waals surface area contributed by atoms with Gasteiger partial charge in [0, 0.05) is 19.2 Å². The third kappa shape index (κ3) is 5.17. The Bertz CT molecular complexity index is 1140. The van der Waals surface area contributed by atoms with E-state index in [1.165, 1.54) is 18.6 Å². The average Bonchev–Trinajstić information content (AvgIpc) is 3.57. The van der Waals surface area contributed by atoms with Gasteiger partial charge in [0.1, 0.15) is 22.8 Å². The molecule has 0 atom stereocenters. The summed E-state index contributed by atoms with van der Waals surface area (Å²) in [6, 6.07) is 6.91. The van der Waals surface area contributed by atoms with Crippen LogP contribution in [0.25, 0.3) is 22.9 Å². The van der Waals surface area contributed by atoms with Gasteiger partial charge in [-0.2, -0.15) is 0 Å². The molecular weight excluding hydrogens is 432 g/mol. The monoisotopic (exact) mass is 462 g/mol. The van der Waals surface area contributed by atoms with E-state index in [1.807, 2.05) is 0 Å². The second-order valence-corrected chi connectivity index (χ2v) is 8.30. The van der Waals surface area contributed by atoms with Crippen molar-refractivity contribution in [1.82, 2.24) is 20.2 Å². The van der Waals surface area contributed by atoms with Crippen LogP contribution >= 0.6 is 0 Å². The van der Waals surface area contributed by atoms with Gasteiger partial charge in [0.15, 0.2) is 11.5 Å². The molecule has 0 fully saturated rings. The second kappa shape index (κ2) is 11.1. The summed E-state index contributed by atoms with van der Waals surface area (Å²) in [6.45, 7) is 7.78. The van der Waals surface area contributed by atoms with Crippen molar-refractivity contribution >= 4 is 11.6 Å². The highest BCUT2D eigenvalue weighted by Crippen LogP contribution is 2.32. The maximum absolute atomic E-state index is 13.2. The Morgan fingerprint density at radius 2 is 1.41 bits per heavy atom. The van der Waals surface area contributed by atoms with E-state index in [9.17, 15) is 9.59 Å². The summed E-state index contributed by atoms with van der Waals surface area (Å²) in [6.07, 6.45) is 8.91. The number of fused-ring (bicyclic) bond motifs is 1. The number of allylic oxidation sites excluding steroid dienone is 2. The largest absolute Gasteiger partial charge is 0.463 e. The van der Waals surface area contributed by atoms with Gasteiger partial charge in [-0.05, 0) is 50.2 Å². The van der Waals surface area contributed by atoms with Crippen LogP contribution < -0.4 is 5.32 Å². The molecule has 3 heterocycles. The molecule has 1 aliphatic rings. The lowest BCUT2D eigenvalue weighted by Crippen LogP contribution is -2.36. The molecule has 1 N–H and O–H groups in total. The van der Waals surface area contributed by atoms with Gasteiger partial charge in [0.2, 0.25) is 11.6 Å². The highest BCUT2D eigenvalue weighted by molar-refractivity contribution is 6.23. The summed E-state index contributed by atoms with van der Waals surface area (Å²) in [5.41, 5.74) is 0.989. The molecule has 0 bridgehead atoms. The molecule has 0 saturated heterocycles. The maximum Gasteiger partial charge on any atom is 0.229 e. The SMILES string of the molecule is CCCCN(CCCC)CCNC1=CC(=O)c2nc(-c3ccco3)c(-c3ccco3)nc2C1=O. The molecule has 3 aromatic rings. The van der Waals surface area contributed by atoms with Gasteiger partial charge < -0.3 is 19.1 Å². The van der Waals surface area contributed by atoms with Gasteiger partial charge in [-0.25, -0.2) is 9.97 Å². The topological polar surface area (TPSA) is 101 Å². The minimum atomic E-state index is -0.364. The van der Waals surface area contributed by atoms with Gasteiger partial charge in [-0.3, -0.25) is 9.59 Å². The van der Waals surface area contributed by atoms with Gasteiger partial charge in [0.05, 0.1) is 18.2 Å². The van der Waals surface area contributed by atoms with Crippen LogP contribution in [0.3, 0.4) is 0 Å². The molecule has 8 nitrogen and oxygen atoms in total. The van der Waals surface area contributed by atoms with Crippen molar-refractivity contribution in [3.05, 3.63) is 60.0 Å². The number of rotatable bonds is 12. The zero-order valence-corrected chi connectivity index (χ0v) is 19.7. The van der Waals surface area contributed by atoms with E-state index in [4.69, 9.17) is 8.83 Å². The predicted molar refractivity (Wildman–Crippen MR) is 128 cm³/mol. The molecule has 0 amide bonds. The number of carbonyl (C=O) groups excluding carboxylic acids is 2. The molecule has 1 aliphatic carbocycles. The van der Waals surface area contributed by atoms with Crippen LogP contribution in [-0.4, -0.2) is 52.6 Å². The molecule has 0 radical (unpaired) electrons. The molecule has 0 saturated carbocycles. The lowest BCUT2D eigenvalue weighted by atomic mass is 10.0. The first-order chi connectivity index (χ1) is 16.6. The van der Waals surface area contributed by atoms with Crippen molar-refractivity contribution in [3.63, 3.8) is 0 Å². The van der Waals surface area contributed by atoms with Crippen LogP contribution in [0.5, 0.6) is 0 Å². The average molecular weight is 463 g/mol. The minimum absolute atomic E-state index is 0.0183. The standard InChI is InChI=1S/C26H30N4O4/c1-3-5-12-30(13-6-4-2)14-11-27-18-17-19(31)22-25(26(18)32)29-24(21-10-8-16-34-21)23(28-22)20-9-7-15-33-20/h7-10,15-17,27H,3-6,11-14H2,1-2H3. The highest BCUT2D eigenvalue weighted by Gasteiger charge is 2.32. The molecule has 34 heavy (non-hydrogen) atoms. The summed E-state index contributed by atoms with van der Waals surface area (Å²) < 4.78 is 11.0. The smallest absolute Gasteiger partial charge is 0.229 e. The van der Waals surface area contributed by atoms with Crippen molar-refractivity contribution in [2.45, 2.75) is 39.5 Å². The summed E-state index contributed by atoms with van der Waals surface area (Å²) >= 11 is 0. The number of hydrogen-bond donors (Lipinski definition) is 1. The quantitative estimate of drug-likeness (QED) is 0.411. The van der Waals surface area contributed by atoms with Crippen LogP contribution in [0.4, 0.5) is 0 Å². The number of unbranched alkanes of at least 4 members (excludes halogenated alkanes) is 2. The number of Topliss-reactive ketones (excluding diaryl/α,β-unsaturated/α-hetero) is 1.